The third kappa shape index (κ3) is 4.00. The van der Waals surface area contributed by atoms with Crippen LogP contribution in [-0.4, -0.2) is 35.8 Å². The molecule has 3 aromatic rings. The molecule has 0 aliphatic heterocycles. The summed E-state index contributed by atoms with van der Waals surface area (Å²) in [7, 11) is -3.86. The minimum Gasteiger partial charge on any atom is -0.369 e. The molecular weight excluding hydrogens is 450 g/mol. The molecule has 2 heterocycles. The third-order valence-corrected chi connectivity index (χ3v) is 6.12. The van der Waals surface area contributed by atoms with Crippen LogP contribution in [-0.2, 0) is 15.4 Å². The number of pyridine rings is 2. The Morgan fingerprint density at radius 3 is 1.61 bits per heavy atom. The Morgan fingerprint density at radius 1 is 0.677 bits per heavy atom. The van der Waals surface area contributed by atoms with Crippen LogP contribution in [0, 0.1) is 0 Å². The number of sulfone groups is 1. The van der Waals surface area contributed by atoms with Crippen LogP contribution < -0.4 is 0 Å². The summed E-state index contributed by atoms with van der Waals surface area (Å²) in [5.74, 6) is 0. The van der Waals surface area contributed by atoms with Gasteiger partial charge in [0, 0.05) is 18.0 Å². The number of rotatable bonds is 4. The highest BCUT2D eigenvalue weighted by Gasteiger charge is 2.71. The fourth-order valence-electron chi connectivity index (χ4n) is 2.67. The van der Waals surface area contributed by atoms with E-state index in [0.29, 0.717) is 6.07 Å². The number of benzene rings is 1. The van der Waals surface area contributed by atoms with Crippen molar-refractivity contribution < 1.29 is 39.9 Å². The van der Waals surface area contributed by atoms with Gasteiger partial charge in [0.25, 0.3) is 5.60 Å². The molecule has 3 rings (SSSR count). The second-order valence-electron chi connectivity index (χ2n) is 6.33. The number of aliphatic hydroxyl groups is 1. The zero-order chi connectivity index (χ0) is 23.1. The highest BCUT2D eigenvalue weighted by atomic mass is 32.2. The van der Waals surface area contributed by atoms with Gasteiger partial charge >= 0.3 is 12.4 Å². The van der Waals surface area contributed by atoms with E-state index < -0.39 is 33.4 Å². The van der Waals surface area contributed by atoms with Crippen LogP contribution in [0.4, 0.5) is 26.3 Å². The summed E-state index contributed by atoms with van der Waals surface area (Å²) in [6.07, 6.45) is -10.8. The fraction of sp³-hybridized carbons (Fsp3) is 0.158. The fourth-order valence-corrected chi connectivity index (χ4v) is 3.90. The van der Waals surface area contributed by atoms with E-state index in [4.69, 9.17) is 0 Å². The van der Waals surface area contributed by atoms with E-state index in [1.165, 1.54) is 36.4 Å². The molecule has 0 aliphatic rings. The van der Waals surface area contributed by atoms with Crippen molar-refractivity contribution in [3.63, 3.8) is 0 Å². The molecule has 0 aliphatic carbocycles. The molecule has 0 atom stereocenters. The summed E-state index contributed by atoms with van der Waals surface area (Å²) < 4.78 is 103. The van der Waals surface area contributed by atoms with Gasteiger partial charge in [-0.3, -0.25) is 9.97 Å². The molecule has 2 aromatic heterocycles. The Kier molecular flexibility index (Phi) is 5.57. The summed E-state index contributed by atoms with van der Waals surface area (Å²) in [4.78, 5) is 7.26. The molecule has 0 unspecified atom stereocenters. The zero-order valence-corrected chi connectivity index (χ0v) is 16.0. The lowest BCUT2D eigenvalue weighted by molar-refractivity contribution is -0.376. The van der Waals surface area contributed by atoms with E-state index in [-0.39, 0.29) is 27.4 Å². The standard InChI is InChI=1S/C19H12F6N2O3S/c20-18(21,22)17(28,19(23,24)25)12-6-8-15(26-10-12)16-9-7-14(11-27-16)31(29,30)13-4-2-1-3-5-13/h1-11,28H. The van der Waals surface area contributed by atoms with E-state index in [1.807, 2.05) is 0 Å². The summed E-state index contributed by atoms with van der Waals surface area (Å²) >= 11 is 0. The van der Waals surface area contributed by atoms with Crippen molar-refractivity contribution in [1.29, 1.82) is 0 Å². The van der Waals surface area contributed by atoms with E-state index in [2.05, 4.69) is 9.97 Å². The smallest absolute Gasteiger partial charge is 0.369 e. The number of hydrogen-bond donors (Lipinski definition) is 1. The topological polar surface area (TPSA) is 80.2 Å². The molecule has 0 fully saturated rings. The molecule has 31 heavy (non-hydrogen) atoms. The molecule has 164 valence electrons. The van der Waals surface area contributed by atoms with E-state index in [9.17, 15) is 39.9 Å². The number of nitrogens with zero attached hydrogens (tertiary/aromatic N) is 2. The van der Waals surface area contributed by atoms with Gasteiger partial charge in [0.2, 0.25) is 9.84 Å². The predicted octanol–water partition coefficient (Wildman–Crippen LogP) is 4.29. The molecule has 5 nitrogen and oxygen atoms in total. The Bertz CT molecular complexity index is 1150. The van der Waals surface area contributed by atoms with Gasteiger partial charge in [-0.05, 0) is 30.3 Å². The Hall–Kier alpha value is -2.99. The summed E-state index contributed by atoms with van der Waals surface area (Å²) in [6, 6.07) is 11.1. The van der Waals surface area contributed by atoms with Gasteiger partial charge in [0.15, 0.2) is 0 Å². The molecule has 0 saturated heterocycles. The second kappa shape index (κ2) is 7.61. The first-order valence-electron chi connectivity index (χ1n) is 8.37. The monoisotopic (exact) mass is 462 g/mol. The van der Waals surface area contributed by atoms with Gasteiger partial charge in [-0.2, -0.15) is 26.3 Å². The van der Waals surface area contributed by atoms with E-state index in [1.54, 1.807) is 6.07 Å². The largest absolute Gasteiger partial charge is 0.430 e. The first-order valence-corrected chi connectivity index (χ1v) is 9.86. The highest BCUT2D eigenvalue weighted by molar-refractivity contribution is 7.91. The van der Waals surface area contributed by atoms with Crippen molar-refractivity contribution in [2.24, 2.45) is 0 Å². The molecule has 0 amide bonds. The lowest BCUT2D eigenvalue weighted by Crippen LogP contribution is -2.53. The Morgan fingerprint density at radius 2 is 1.19 bits per heavy atom. The molecule has 1 aromatic carbocycles. The van der Waals surface area contributed by atoms with E-state index >= 15 is 0 Å². The van der Waals surface area contributed by atoms with Crippen LogP contribution in [0.25, 0.3) is 11.4 Å². The quantitative estimate of drug-likeness (QED) is 0.586. The zero-order valence-electron chi connectivity index (χ0n) is 15.2. The average molecular weight is 462 g/mol. The lowest BCUT2D eigenvalue weighted by Gasteiger charge is -2.32. The average Bonchev–Trinajstić information content (AvgIpc) is 2.72. The van der Waals surface area contributed by atoms with Crippen molar-refractivity contribution in [3.8, 4) is 11.4 Å². The van der Waals surface area contributed by atoms with Crippen molar-refractivity contribution in [2.75, 3.05) is 0 Å². The van der Waals surface area contributed by atoms with Crippen LogP contribution in [0.5, 0.6) is 0 Å². The van der Waals surface area contributed by atoms with Gasteiger partial charge in [-0.1, -0.05) is 24.3 Å². The van der Waals surface area contributed by atoms with Crippen LogP contribution in [0.2, 0.25) is 0 Å². The van der Waals surface area contributed by atoms with Crippen molar-refractivity contribution in [2.45, 2.75) is 27.7 Å². The van der Waals surface area contributed by atoms with Crippen molar-refractivity contribution in [1.82, 2.24) is 9.97 Å². The summed E-state index contributed by atoms with van der Waals surface area (Å²) in [5.41, 5.74) is -6.73. The van der Waals surface area contributed by atoms with E-state index in [0.717, 1.165) is 12.3 Å². The first kappa shape index (κ1) is 22.7. The number of hydrogen-bond acceptors (Lipinski definition) is 5. The molecule has 0 saturated carbocycles. The Labute approximate surface area is 171 Å². The van der Waals surface area contributed by atoms with Gasteiger partial charge in [0.05, 0.1) is 21.2 Å². The van der Waals surface area contributed by atoms with Gasteiger partial charge in [-0.25, -0.2) is 8.42 Å². The lowest BCUT2D eigenvalue weighted by atomic mass is 9.93. The van der Waals surface area contributed by atoms with Crippen LogP contribution >= 0.6 is 0 Å². The van der Waals surface area contributed by atoms with Crippen molar-refractivity contribution in [3.05, 3.63) is 72.6 Å². The minimum absolute atomic E-state index is 0.00104. The molecule has 12 heteroatoms. The van der Waals surface area contributed by atoms with Crippen molar-refractivity contribution >= 4 is 9.84 Å². The predicted molar refractivity (Wildman–Crippen MR) is 95.4 cm³/mol. The Balaban J connectivity index is 1.94. The molecular formula is C19H12F6N2O3S. The first-order chi connectivity index (χ1) is 14.3. The second-order valence-corrected chi connectivity index (χ2v) is 8.28. The summed E-state index contributed by atoms with van der Waals surface area (Å²) in [5, 5.41) is 9.38. The van der Waals surface area contributed by atoms with Crippen LogP contribution in [0.3, 0.4) is 0 Å². The normalized spacial score (nSPS) is 13.3. The summed E-state index contributed by atoms with van der Waals surface area (Å²) in [6.45, 7) is 0. The number of alkyl halides is 6. The highest BCUT2D eigenvalue weighted by Crippen LogP contribution is 2.49. The van der Waals surface area contributed by atoms with Gasteiger partial charge in [0.1, 0.15) is 0 Å². The minimum atomic E-state index is -6.03. The maximum Gasteiger partial charge on any atom is 0.430 e. The molecule has 0 radical (unpaired) electrons. The third-order valence-electron chi connectivity index (χ3n) is 4.36. The SMILES string of the molecule is O=S(=O)(c1ccccc1)c1ccc(-c2ccc(C(O)(C(F)(F)F)C(F)(F)F)cn2)nc1. The van der Waals surface area contributed by atoms with Crippen LogP contribution in [0.1, 0.15) is 5.56 Å². The molecule has 0 bridgehead atoms. The molecule has 0 spiro atoms. The van der Waals surface area contributed by atoms with Gasteiger partial charge in [-0.15, -0.1) is 0 Å². The number of halogens is 6. The maximum atomic E-state index is 12.9. The van der Waals surface area contributed by atoms with Gasteiger partial charge < -0.3 is 5.11 Å². The maximum absolute atomic E-state index is 12.9. The number of aromatic nitrogens is 2. The molecule has 1 N–H and O–H groups in total. The van der Waals surface area contributed by atoms with Crippen LogP contribution in [0.15, 0.2) is 76.8 Å².